The van der Waals surface area contributed by atoms with Crippen LogP contribution < -0.4 is 16.0 Å². The Bertz CT molecular complexity index is 753. The van der Waals surface area contributed by atoms with Crippen molar-refractivity contribution in [2.24, 2.45) is 0 Å². The van der Waals surface area contributed by atoms with Crippen LogP contribution in [0.4, 0.5) is 4.79 Å². The molecule has 0 atom stereocenters. The lowest BCUT2D eigenvalue weighted by molar-refractivity contribution is 0.0958. The summed E-state index contributed by atoms with van der Waals surface area (Å²) in [6.45, 7) is 0.424. The highest BCUT2D eigenvalue weighted by atomic mass is 32.1. The average Bonchev–Trinajstić information content (AvgIpc) is 2.65. The zero-order valence-corrected chi connectivity index (χ0v) is 14.4. The number of hydrogen-bond acceptors (Lipinski definition) is 5. The standard InChI is InChI=1S/C17H18N4O3S/c1-18-15(22)14-9-5-8-13(20-14)10-19-16(25)21-17(23)24-11-12-6-3-2-4-7-12/h2-9H,10-11H2,1H3,(H,18,22)(H2,19,21,23,25). The van der Waals surface area contributed by atoms with Crippen LogP contribution in [0.2, 0.25) is 0 Å². The van der Waals surface area contributed by atoms with Crippen molar-refractivity contribution in [2.45, 2.75) is 13.2 Å². The minimum atomic E-state index is -0.645. The summed E-state index contributed by atoms with van der Waals surface area (Å²) in [4.78, 5) is 27.4. The molecule has 130 valence electrons. The molecule has 0 fully saturated rings. The van der Waals surface area contributed by atoms with E-state index in [0.717, 1.165) is 5.56 Å². The van der Waals surface area contributed by atoms with Gasteiger partial charge in [0.2, 0.25) is 0 Å². The van der Waals surface area contributed by atoms with Gasteiger partial charge in [0.1, 0.15) is 12.3 Å². The number of aromatic nitrogens is 1. The van der Waals surface area contributed by atoms with E-state index in [9.17, 15) is 9.59 Å². The molecule has 1 heterocycles. The second-order valence-electron chi connectivity index (χ2n) is 4.96. The van der Waals surface area contributed by atoms with Gasteiger partial charge in [0.15, 0.2) is 5.11 Å². The molecule has 7 nitrogen and oxygen atoms in total. The van der Waals surface area contributed by atoms with Crippen molar-refractivity contribution >= 4 is 29.3 Å². The number of alkyl carbamates (subject to hydrolysis) is 1. The summed E-state index contributed by atoms with van der Waals surface area (Å²) in [7, 11) is 1.54. The lowest BCUT2D eigenvalue weighted by atomic mass is 10.2. The molecule has 8 heteroatoms. The van der Waals surface area contributed by atoms with Gasteiger partial charge in [-0.05, 0) is 29.9 Å². The Morgan fingerprint density at radius 3 is 2.60 bits per heavy atom. The van der Waals surface area contributed by atoms with Crippen LogP contribution in [0, 0.1) is 0 Å². The molecule has 0 saturated carbocycles. The van der Waals surface area contributed by atoms with E-state index in [0.29, 0.717) is 11.4 Å². The SMILES string of the molecule is CNC(=O)c1cccc(CNC(=S)NC(=O)OCc2ccccc2)n1. The van der Waals surface area contributed by atoms with Crippen LogP contribution in [0.15, 0.2) is 48.5 Å². The first-order chi connectivity index (χ1) is 12.1. The zero-order valence-electron chi connectivity index (χ0n) is 13.6. The second-order valence-corrected chi connectivity index (χ2v) is 5.37. The molecule has 2 rings (SSSR count). The average molecular weight is 358 g/mol. The highest BCUT2D eigenvalue weighted by Gasteiger charge is 2.08. The van der Waals surface area contributed by atoms with Crippen LogP contribution >= 0.6 is 12.2 Å². The topological polar surface area (TPSA) is 92.4 Å². The van der Waals surface area contributed by atoms with E-state index in [1.807, 2.05) is 30.3 Å². The van der Waals surface area contributed by atoms with Crippen LogP contribution in [-0.4, -0.2) is 29.1 Å². The Morgan fingerprint density at radius 1 is 1.12 bits per heavy atom. The number of amides is 2. The summed E-state index contributed by atoms with van der Waals surface area (Å²) in [6, 6.07) is 14.4. The fourth-order valence-electron chi connectivity index (χ4n) is 1.90. The number of nitrogens with one attached hydrogen (secondary N) is 3. The predicted molar refractivity (Wildman–Crippen MR) is 96.8 cm³/mol. The van der Waals surface area contributed by atoms with Crippen molar-refractivity contribution in [2.75, 3.05) is 7.05 Å². The Balaban J connectivity index is 1.76. The number of benzene rings is 1. The zero-order chi connectivity index (χ0) is 18.1. The van der Waals surface area contributed by atoms with Crippen molar-refractivity contribution in [3.05, 3.63) is 65.5 Å². The Morgan fingerprint density at radius 2 is 1.88 bits per heavy atom. The fourth-order valence-corrected chi connectivity index (χ4v) is 2.06. The van der Waals surface area contributed by atoms with Crippen LogP contribution in [0.1, 0.15) is 21.7 Å². The van der Waals surface area contributed by atoms with E-state index in [1.165, 1.54) is 7.05 Å². The first-order valence-electron chi connectivity index (χ1n) is 7.52. The monoisotopic (exact) mass is 358 g/mol. The third-order valence-electron chi connectivity index (χ3n) is 3.12. The Labute approximate surface area is 150 Å². The summed E-state index contributed by atoms with van der Waals surface area (Å²) in [6.07, 6.45) is -0.645. The Hall–Kier alpha value is -3.00. The van der Waals surface area contributed by atoms with Crippen molar-refractivity contribution < 1.29 is 14.3 Å². The molecule has 25 heavy (non-hydrogen) atoms. The molecule has 0 spiro atoms. The van der Waals surface area contributed by atoms with E-state index in [1.54, 1.807) is 18.2 Å². The minimum Gasteiger partial charge on any atom is -0.444 e. The fraction of sp³-hybridized carbons (Fsp3) is 0.176. The molecule has 2 aromatic rings. The number of carbonyl (C=O) groups is 2. The molecule has 0 aliphatic carbocycles. The molecule has 0 aliphatic heterocycles. The van der Waals surface area contributed by atoms with E-state index in [4.69, 9.17) is 17.0 Å². The molecule has 0 aliphatic rings. The maximum atomic E-state index is 11.7. The van der Waals surface area contributed by atoms with Gasteiger partial charge in [-0.3, -0.25) is 10.1 Å². The van der Waals surface area contributed by atoms with Crippen molar-refractivity contribution in [1.82, 2.24) is 20.9 Å². The molecular weight excluding hydrogens is 340 g/mol. The molecule has 1 aromatic heterocycles. The lowest BCUT2D eigenvalue weighted by Gasteiger charge is -2.10. The van der Waals surface area contributed by atoms with Crippen molar-refractivity contribution in [1.29, 1.82) is 0 Å². The van der Waals surface area contributed by atoms with Crippen LogP contribution in [-0.2, 0) is 17.9 Å². The van der Waals surface area contributed by atoms with Crippen LogP contribution in [0.5, 0.6) is 0 Å². The molecule has 0 radical (unpaired) electrons. The largest absolute Gasteiger partial charge is 0.444 e. The number of nitrogens with zero attached hydrogens (tertiary/aromatic N) is 1. The number of pyridine rings is 1. The minimum absolute atomic E-state index is 0.116. The van der Waals surface area contributed by atoms with Crippen molar-refractivity contribution in [3.63, 3.8) is 0 Å². The number of carbonyl (C=O) groups excluding carboxylic acids is 2. The third-order valence-corrected chi connectivity index (χ3v) is 3.37. The highest BCUT2D eigenvalue weighted by Crippen LogP contribution is 2.01. The first kappa shape index (κ1) is 18.3. The molecule has 3 N–H and O–H groups in total. The highest BCUT2D eigenvalue weighted by molar-refractivity contribution is 7.80. The summed E-state index contributed by atoms with van der Waals surface area (Å²) >= 11 is 5.04. The number of rotatable bonds is 5. The Kier molecular flexibility index (Phi) is 6.85. The van der Waals surface area contributed by atoms with Gasteiger partial charge in [0.05, 0.1) is 12.2 Å². The molecule has 2 amide bonds. The summed E-state index contributed by atoms with van der Waals surface area (Å²) < 4.78 is 5.07. The second kappa shape index (κ2) is 9.33. The number of thiocarbonyl (C=S) groups is 1. The van der Waals surface area contributed by atoms with Crippen LogP contribution in [0.3, 0.4) is 0 Å². The van der Waals surface area contributed by atoms with Gasteiger partial charge in [-0.1, -0.05) is 36.4 Å². The van der Waals surface area contributed by atoms with Gasteiger partial charge in [-0.15, -0.1) is 0 Å². The van der Waals surface area contributed by atoms with E-state index < -0.39 is 6.09 Å². The van der Waals surface area contributed by atoms with Gasteiger partial charge in [0, 0.05) is 7.05 Å². The normalized spacial score (nSPS) is 9.80. The third kappa shape index (κ3) is 6.19. The van der Waals surface area contributed by atoms with Gasteiger partial charge in [-0.25, -0.2) is 9.78 Å². The van der Waals surface area contributed by atoms with Crippen LogP contribution in [0.25, 0.3) is 0 Å². The van der Waals surface area contributed by atoms with E-state index in [-0.39, 0.29) is 24.2 Å². The molecule has 0 unspecified atom stereocenters. The predicted octanol–water partition coefficient (Wildman–Crippen LogP) is 1.74. The smallest absolute Gasteiger partial charge is 0.413 e. The van der Waals surface area contributed by atoms with Gasteiger partial charge in [-0.2, -0.15) is 0 Å². The van der Waals surface area contributed by atoms with Gasteiger partial charge < -0.3 is 15.4 Å². The lowest BCUT2D eigenvalue weighted by Crippen LogP contribution is -2.39. The maximum absolute atomic E-state index is 11.7. The molecular formula is C17H18N4O3S. The summed E-state index contributed by atoms with van der Waals surface area (Å²) in [5.74, 6) is -0.271. The van der Waals surface area contributed by atoms with Gasteiger partial charge in [0.25, 0.3) is 5.91 Å². The quantitative estimate of drug-likeness (QED) is 0.705. The van der Waals surface area contributed by atoms with E-state index in [2.05, 4.69) is 20.9 Å². The van der Waals surface area contributed by atoms with E-state index >= 15 is 0 Å². The summed E-state index contributed by atoms with van der Waals surface area (Å²) in [5, 5.41) is 7.88. The molecule has 1 aromatic carbocycles. The number of ether oxygens (including phenoxy) is 1. The van der Waals surface area contributed by atoms with Gasteiger partial charge >= 0.3 is 6.09 Å². The van der Waals surface area contributed by atoms with Crippen molar-refractivity contribution in [3.8, 4) is 0 Å². The molecule has 0 bridgehead atoms. The first-order valence-corrected chi connectivity index (χ1v) is 7.93. The molecule has 0 saturated heterocycles. The number of hydrogen-bond donors (Lipinski definition) is 3. The summed E-state index contributed by atoms with van der Waals surface area (Å²) in [5.41, 5.74) is 1.80. The maximum Gasteiger partial charge on any atom is 0.413 e.